The molecule has 0 atom stereocenters. The minimum absolute atomic E-state index is 0.415. The number of carbonyl (C=O) groups excluding carboxylic acids is 1. The third-order valence-electron chi connectivity index (χ3n) is 3.63. The van der Waals surface area contributed by atoms with Gasteiger partial charge in [0.25, 0.3) is 0 Å². The average Bonchev–Trinajstić information content (AvgIpc) is 2.90. The molecular weight excluding hydrogens is 272 g/mol. The maximum absolute atomic E-state index is 10.8. The molecule has 5 nitrogen and oxygen atoms in total. The number of rotatable bonds is 3. The molecule has 2 N–H and O–H groups in total. The van der Waals surface area contributed by atoms with E-state index in [-0.39, 0.29) is 0 Å². The highest BCUT2D eigenvalue weighted by atomic mass is 32.1. The Kier molecular flexibility index (Phi) is 3.64. The molecule has 1 saturated heterocycles. The van der Waals surface area contributed by atoms with Crippen molar-refractivity contribution in [3.05, 3.63) is 29.3 Å². The minimum atomic E-state index is 0.415. The van der Waals surface area contributed by atoms with E-state index in [0.717, 1.165) is 43.7 Å². The molecule has 1 amide bonds. The number of hydrogen-bond acceptors (Lipinski definition) is 5. The number of nitrogen functional groups attached to an aromatic ring is 1. The number of thiazole rings is 1. The molecule has 104 valence electrons. The van der Waals surface area contributed by atoms with Crippen LogP contribution in [-0.4, -0.2) is 34.4 Å². The van der Waals surface area contributed by atoms with E-state index in [9.17, 15) is 4.79 Å². The summed E-state index contributed by atoms with van der Waals surface area (Å²) in [6.45, 7) is 1.60. The number of anilines is 1. The Morgan fingerprint density at radius 1 is 1.35 bits per heavy atom. The Bertz CT molecular complexity index is 590. The fourth-order valence-corrected chi connectivity index (χ4v) is 3.59. The highest BCUT2D eigenvalue weighted by Gasteiger charge is 2.25. The third kappa shape index (κ3) is 2.51. The number of amides is 1. The molecule has 20 heavy (non-hydrogen) atoms. The molecule has 1 aliphatic rings. The molecule has 0 spiro atoms. The molecule has 0 saturated carbocycles. The van der Waals surface area contributed by atoms with Crippen LogP contribution in [0.4, 0.5) is 5.13 Å². The van der Waals surface area contributed by atoms with Gasteiger partial charge < -0.3 is 10.6 Å². The summed E-state index contributed by atoms with van der Waals surface area (Å²) in [5.74, 6) is 0.415. The van der Waals surface area contributed by atoms with Crippen molar-refractivity contribution >= 4 is 22.9 Å². The van der Waals surface area contributed by atoms with E-state index in [1.165, 1.54) is 4.88 Å². The number of aromatic nitrogens is 2. The lowest BCUT2D eigenvalue weighted by Crippen LogP contribution is -2.31. The van der Waals surface area contributed by atoms with Crippen LogP contribution in [0, 0.1) is 0 Å². The van der Waals surface area contributed by atoms with Crippen LogP contribution in [0.2, 0.25) is 0 Å². The van der Waals surface area contributed by atoms with Gasteiger partial charge >= 0.3 is 0 Å². The van der Waals surface area contributed by atoms with Crippen LogP contribution in [0.5, 0.6) is 0 Å². The number of nitrogens with two attached hydrogens (primary N) is 1. The van der Waals surface area contributed by atoms with Crippen molar-refractivity contribution in [3.63, 3.8) is 0 Å². The summed E-state index contributed by atoms with van der Waals surface area (Å²) in [7, 11) is 0. The SMILES string of the molecule is Nc1nc(-c2ccccn2)c(C2CCN(C=O)CC2)s1. The first kappa shape index (κ1) is 13.1. The van der Waals surface area contributed by atoms with Gasteiger partial charge in [0.1, 0.15) is 5.69 Å². The van der Waals surface area contributed by atoms with E-state index in [4.69, 9.17) is 5.73 Å². The molecule has 0 unspecified atom stereocenters. The van der Waals surface area contributed by atoms with Crippen molar-refractivity contribution in [2.75, 3.05) is 18.8 Å². The number of likely N-dealkylation sites (tertiary alicyclic amines) is 1. The number of carbonyl (C=O) groups is 1. The van der Waals surface area contributed by atoms with Crippen molar-refractivity contribution in [1.82, 2.24) is 14.9 Å². The Balaban J connectivity index is 1.89. The van der Waals surface area contributed by atoms with E-state index in [2.05, 4.69) is 9.97 Å². The Morgan fingerprint density at radius 2 is 2.15 bits per heavy atom. The zero-order valence-electron chi connectivity index (χ0n) is 11.0. The first-order valence-electron chi connectivity index (χ1n) is 6.65. The van der Waals surface area contributed by atoms with Gasteiger partial charge in [0.2, 0.25) is 6.41 Å². The zero-order chi connectivity index (χ0) is 13.9. The number of hydrogen-bond donors (Lipinski definition) is 1. The van der Waals surface area contributed by atoms with Gasteiger partial charge in [0.15, 0.2) is 5.13 Å². The maximum atomic E-state index is 10.8. The van der Waals surface area contributed by atoms with Gasteiger partial charge in [-0.15, -0.1) is 11.3 Å². The first-order chi connectivity index (χ1) is 9.78. The summed E-state index contributed by atoms with van der Waals surface area (Å²) >= 11 is 1.54. The normalized spacial score (nSPS) is 16.3. The summed E-state index contributed by atoms with van der Waals surface area (Å²) in [6, 6.07) is 5.80. The van der Waals surface area contributed by atoms with Crippen LogP contribution in [0.25, 0.3) is 11.4 Å². The lowest BCUT2D eigenvalue weighted by atomic mass is 9.94. The predicted octanol–water partition coefficient (Wildman–Crippen LogP) is 2.12. The lowest BCUT2D eigenvalue weighted by Gasteiger charge is -2.28. The van der Waals surface area contributed by atoms with Crippen LogP contribution in [-0.2, 0) is 4.79 Å². The molecule has 3 rings (SSSR count). The highest BCUT2D eigenvalue weighted by molar-refractivity contribution is 7.15. The summed E-state index contributed by atoms with van der Waals surface area (Å²) in [5, 5.41) is 0.582. The smallest absolute Gasteiger partial charge is 0.209 e. The fraction of sp³-hybridized carbons (Fsp3) is 0.357. The van der Waals surface area contributed by atoms with Gasteiger partial charge in [-0.1, -0.05) is 6.07 Å². The summed E-state index contributed by atoms with van der Waals surface area (Å²) in [6.07, 6.45) is 4.61. The number of piperidine rings is 1. The molecule has 1 fully saturated rings. The number of pyridine rings is 1. The average molecular weight is 288 g/mol. The van der Waals surface area contributed by atoms with Crippen molar-refractivity contribution < 1.29 is 4.79 Å². The van der Waals surface area contributed by atoms with Crippen molar-refractivity contribution in [2.45, 2.75) is 18.8 Å². The zero-order valence-corrected chi connectivity index (χ0v) is 11.8. The molecule has 0 aliphatic carbocycles. The van der Waals surface area contributed by atoms with Crippen LogP contribution in [0.3, 0.4) is 0 Å². The van der Waals surface area contributed by atoms with Crippen molar-refractivity contribution in [3.8, 4) is 11.4 Å². The predicted molar refractivity (Wildman–Crippen MR) is 79.4 cm³/mol. The summed E-state index contributed by atoms with van der Waals surface area (Å²) in [5.41, 5.74) is 7.66. The van der Waals surface area contributed by atoms with Gasteiger partial charge in [0.05, 0.1) is 5.69 Å². The van der Waals surface area contributed by atoms with E-state index >= 15 is 0 Å². The third-order valence-corrected chi connectivity index (χ3v) is 4.67. The maximum Gasteiger partial charge on any atom is 0.209 e. The first-order valence-corrected chi connectivity index (χ1v) is 7.46. The van der Waals surface area contributed by atoms with Crippen LogP contribution in [0.1, 0.15) is 23.6 Å². The van der Waals surface area contributed by atoms with Gasteiger partial charge in [-0.2, -0.15) is 0 Å². The number of nitrogens with zero attached hydrogens (tertiary/aromatic N) is 3. The fourth-order valence-electron chi connectivity index (χ4n) is 2.58. The minimum Gasteiger partial charge on any atom is -0.375 e. The highest BCUT2D eigenvalue weighted by Crippen LogP contribution is 2.39. The second kappa shape index (κ2) is 5.58. The quantitative estimate of drug-likeness (QED) is 0.878. The molecule has 6 heteroatoms. The van der Waals surface area contributed by atoms with Gasteiger partial charge in [0, 0.05) is 24.2 Å². The Labute approximate surface area is 121 Å². The largest absolute Gasteiger partial charge is 0.375 e. The second-order valence-corrected chi connectivity index (χ2v) is 5.96. The lowest BCUT2D eigenvalue weighted by molar-refractivity contribution is -0.119. The van der Waals surface area contributed by atoms with E-state index in [1.807, 2.05) is 23.1 Å². The second-order valence-electron chi connectivity index (χ2n) is 4.90. The van der Waals surface area contributed by atoms with Gasteiger partial charge in [-0.3, -0.25) is 9.78 Å². The van der Waals surface area contributed by atoms with Crippen LogP contribution >= 0.6 is 11.3 Å². The van der Waals surface area contributed by atoms with Gasteiger partial charge in [-0.25, -0.2) is 4.98 Å². The Morgan fingerprint density at radius 3 is 2.80 bits per heavy atom. The molecule has 0 radical (unpaired) electrons. The summed E-state index contributed by atoms with van der Waals surface area (Å²) < 4.78 is 0. The molecule has 1 aliphatic heterocycles. The molecule has 2 aromatic rings. The van der Waals surface area contributed by atoms with E-state index in [1.54, 1.807) is 17.5 Å². The topological polar surface area (TPSA) is 72.1 Å². The Hall–Kier alpha value is -1.95. The van der Waals surface area contributed by atoms with E-state index in [0.29, 0.717) is 11.0 Å². The molecule has 3 heterocycles. The van der Waals surface area contributed by atoms with Crippen LogP contribution in [0.15, 0.2) is 24.4 Å². The molecule has 0 bridgehead atoms. The molecule has 0 aromatic carbocycles. The van der Waals surface area contributed by atoms with E-state index < -0.39 is 0 Å². The van der Waals surface area contributed by atoms with Gasteiger partial charge in [-0.05, 0) is 30.9 Å². The summed E-state index contributed by atoms with van der Waals surface area (Å²) in [4.78, 5) is 22.6. The molecule has 2 aromatic heterocycles. The van der Waals surface area contributed by atoms with Crippen molar-refractivity contribution in [1.29, 1.82) is 0 Å². The van der Waals surface area contributed by atoms with Crippen molar-refractivity contribution in [2.24, 2.45) is 0 Å². The monoisotopic (exact) mass is 288 g/mol. The standard InChI is InChI=1S/C14H16N4OS/c15-14-17-12(11-3-1-2-6-16-11)13(20-14)10-4-7-18(9-19)8-5-10/h1-3,6,9-10H,4-5,7-8H2,(H2,15,17). The molecular formula is C14H16N4OS. The van der Waals surface area contributed by atoms with Crippen LogP contribution < -0.4 is 5.73 Å².